The molecule has 1 heterocycles. The number of hydrogen-bond donors (Lipinski definition) is 3. The molecule has 13 heavy (non-hydrogen) atoms. The monoisotopic (exact) mass is 224 g/mol. The van der Waals surface area contributed by atoms with Gasteiger partial charge in [0.1, 0.15) is 0 Å². The summed E-state index contributed by atoms with van der Waals surface area (Å²) in [7, 11) is -3.89. The number of phosphoric acid groups is 1. The molecule has 0 aromatic carbocycles. The van der Waals surface area contributed by atoms with Crippen LogP contribution in [0.3, 0.4) is 0 Å². The van der Waals surface area contributed by atoms with Gasteiger partial charge in [-0.25, -0.2) is 0 Å². The van der Waals surface area contributed by atoms with Gasteiger partial charge >= 0.3 is 29.6 Å². The average Bonchev–Trinajstić information content (AvgIpc) is 2.41. The molecule has 0 aliphatic carbocycles. The predicted octanol–water partition coefficient (Wildman–Crippen LogP) is -4.15. The maximum Gasteiger partial charge on any atom is 1.00 e. The summed E-state index contributed by atoms with van der Waals surface area (Å²) in [5.41, 5.74) is 0. The largest absolute Gasteiger partial charge is 1.00 e. The summed E-state index contributed by atoms with van der Waals surface area (Å²) >= 11 is 0. The van der Waals surface area contributed by atoms with Gasteiger partial charge in [0.05, 0.1) is 0 Å². The number of aliphatic hydroxyl groups is 1. The molecular formula is C5H14NaO6P. The molecule has 8 heteroatoms. The van der Waals surface area contributed by atoms with E-state index in [4.69, 9.17) is 29.1 Å². The Labute approximate surface area is 99.5 Å². The molecule has 76 valence electrons. The molecule has 6 nitrogen and oxygen atoms in total. The maximum absolute atomic E-state index is 8.77. The number of hydrogen-bond acceptors (Lipinski definition) is 4. The van der Waals surface area contributed by atoms with E-state index >= 15 is 0 Å². The van der Waals surface area contributed by atoms with Gasteiger partial charge in [0.25, 0.3) is 7.82 Å². The number of rotatable bonds is 0. The van der Waals surface area contributed by atoms with Crippen molar-refractivity contribution in [1.82, 2.24) is 0 Å². The molecule has 1 saturated heterocycles. The van der Waals surface area contributed by atoms with Gasteiger partial charge in [0.15, 0.2) is 0 Å². The van der Waals surface area contributed by atoms with Crippen LogP contribution < -0.4 is 34.5 Å². The Hall–Kier alpha value is 1.03. The smallest absolute Gasteiger partial charge is 0.756 e. The van der Waals surface area contributed by atoms with Crippen molar-refractivity contribution in [1.29, 1.82) is 0 Å². The minimum absolute atomic E-state index is 0. The van der Waals surface area contributed by atoms with Crippen molar-refractivity contribution < 1.29 is 58.6 Å². The number of aliphatic hydroxyl groups excluding tert-OH is 1. The molecule has 1 rings (SSSR count). The third-order valence-corrected chi connectivity index (χ3v) is 0.827. The van der Waals surface area contributed by atoms with Crippen LogP contribution in [-0.2, 0) is 9.30 Å². The summed E-state index contributed by atoms with van der Waals surface area (Å²) in [5.74, 6) is 0. The third kappa shape index (κ3) is 43.6. The van der Waals surface area contributed by atoms with Crippen LogP contribution in [0.15, 0.2) is 0 Å². The second-order valence-electron chi connectivity index (χ2n) is 1.81. The zero-order valence-electron chi connectivity index (χ0n) is 7.84. The van der Waals surface area contributed by atoms with Crippen molar-refractivity contribution in [2.45, 2.75) is 12.8 Å². The van der Waals surface area contributed by atoms with Crippen LogP contribution in [0.1, 0.15) is 12.8 Å². The first-order valence-corrected chi connectivity index (χ1v) is 4.82. The van der Waals surface area contributed by atoms with Gasteiger partial charge in [0, 0.05) is 20.3 Å². The van der Waals surface area contributed by atoms with E-state index in [1.807, 2.05) is 0 Å². The van der Waals surface area contributed by atoms with Crippen molar-refractivity contribution >= 4 is 7.82 Å². The molecule has 0 radical (unpaired) electrons. The first-order chi connectivity index (χ1) is 5.50. The fourth-order valence-electron chi connectivity index (χ4n) is 0.510. The average molecular weight is 224 g/mol. The second kappa shape index (κ2) is 13.0. The molecule has 0 bridgehead atoms. The second-order valence-corrected chi connectivity index (χ2v) is 2.79. The summed E-state index contributed by atoms with van der Waals surface area (Å²) in [4.78, 5) is 22.9. The Morgan fingerprint density at radius 1 is 1.23 bits per heavy atom. The molecule has 0 amide bonds. The van der Waals surface area contributed by atoms with E-state index in [0.29, 0.717) is 0 Å². The van der Waals surface area contributed by atoms with Crippen molar-refractivity contribution in [3.63, 3.8) is 0 Å². The fraction of sp³-hybridized carbons (Fsp3) is 1.00. The van der Waals surface area contributed by atoms with E-state index in [-0.39, 0.29) is 29.6 Å². The van der Waals surface area contributed by atoms with Gasteiger partial charge in [-0.15, -0.1) is 0 Å². The topological polar surface area (TPSA) is 110 Å². The van der Waals surface area contributed by atoms with Crippen LogP contribution >= 0.6 is 7.82 Å². The zero-order chi connectivity index (χ0) is 10.0. The summed E-state index contributed by atoms with van der Waals surface area (Å²) in [5, 5.41) is 7.00. The molecule has 3 N–H and O–H groups in total. The zero-order valence-corrected chi connectivity index (χ0v) is 10.7. The predicted molar refractivity (Wildman–Crippen MR) is 40.2 cm³/mol. The SMILES string of the molecule is C1CCOC1.CO.O=P([O-])(O)O.[Na+]. The van der Waals surface area contributed by atoms with Crippen LogP contribution in [0, 0.1) is 0 Å². The maximum atomic E-state index is 8.77. The van der Waals surface area contributed by atoms with E-state index in [0.717, 1.165) is 20.3 Å². The normalized spacial score (nSPS) is 14.2. The Balaban J connectivity index is -0.000000122. The Bertz CT molecular complexity index is 106. The molecule has 0 aromatic heterocycles. The van der Waals surface area contributed by atoms with E-state index in [9.17, 15) is 0 Å². The summed E-state index contributed by atoms with van der Waals surface area (Å²) in [6, 6.07) is 0. The molecule has 1 aliphatic rings. The van der Waals surface area contributed by atoms with Gasteiger partial charge in [0.2, 0.25) is 0 Å². The first-order valence-electron chi connectivity index (χ1n) is 3.29. The van der Waals surface area contributed by atoms with Crippen LogP contribution in [0.4, 0.5) is 0 Å². The third-order valence-electron chi connectivity index (χ3n) is 0.827. The quantitative estimate of drug-likeness (QED) is 0.284. The van der Waals surface area contributed by atoms with Gasteiger partial charge in [-0.3, -0.25) is 4.57 Å². The van der Waals surface area contributed by atoms with Gasteiger partial charge in [-0.05, 0) is 12.8 Å². The van der Waals surface area contributed by atoms with E-state index in [2.05, 4.69) is 0 Å². The molecule has 0 spiro atoms. The van der Waals surface area contributed by atoms with E-state index < -0.39 is 7.82 Å². The van der Waals surface area contributed by atoms with Crippen molar-refractivity contribution in [3.8, 4) is 0 Å². The van der Waals surface area contributed by atoms with Crippen LogP contribution in [0.2, 0.25) is 0 Å². The minimum atomic E-state index is -4.89. The van der Waals surface area contributed by atoms with Crippen molar-refractivity contribution in [3.05, 3.63) is 0 Å². The molecule has 1 fully saturated rings. The molecule has 0 atom stereocenters. The molecule has 0 unspecified atom stereocenters. The Kier molecular flexibility index (Phi) is 19.6. The van der Waals surface area contributed by atoms with E-state index in [1.165, 1.54) is 12.8 Å². The van der Waals surface area contributed by atoms with Crippen LogP contribution in [0.25, 0.3) is 0 Å². The van der Waals surface area contributed by atoms with Gasteiger partial charge < -0.3 is 24.5 Å². The molecule has 1 aliphatic heterocycles. The number of ether oxygens (including phenoxy) is 1. The van der Waals surface area contributed by atoms with E-state index in [1.54, 1.807) is 0 Å². The van der Waals surface area contributed by atoms with Crippen LogP contribution in [-0.4, -0.2) is 35.2 Å². The Morgan fingerprint density at radius 2 is 1.46 bits per heavy atom. The Morgan fingerprint density at radius 3 is 1.54 bits per heavy atom. The van der Waals surface area contributed by atoms with Crippen molar-refractivity contribution in [2.24, 2.45) is 0 Å². The summed E-state index contributed by atoms with van der Waals surface area (Å²) in [6.45, 7) is 2.00. The summed E-state index contributed by atoms with van der Waals surface area (Å²) < 4.78 is 13.7. The van der Waals surface area contributed by atoms with Gasteiger partial charge in [-0.2, -0.15) is 0 Å². The molecule has 0 aromatic rings. The summed E-state index contributed by atoms with van der Waals surface area (Å²) in [6.07, 6.45) is 2.56. The standard InChI is InChI=1S/C4H8O.CH4O.Na.H3O4P/c1-2-4-5-3-1;1-2;;1-5(2,3)4/h1-4H2;2H,1H3;;(H3,1,2,3,4)/q;;+1;/p-1. The van der Waals surface area contributed by atoms with Crippen molar-refractivity contribution in [2.75, 3.05) is 20.3 Å². The van der Waals surface area contributed by atoms with Crippen LogP contribution in [0.5, 0.6) is 0 Å². The minimum Gasteiger partial charge on any atom is -0.756 e. The fourth-order valence-corrected chi connectivity index (χ4v) is 0.510. The molecular weight excluding hydrogens is 210 g/mol. The first kappa shape index (κ1) is 19.6. The van der Waals surface area contributed by atoms with Gasteiger partial charge in [-0.1, -0.05) is 0 Å². The molecule has 0 saturated carbocycles.